The van der Waals surface area contributed by atoms with E-state index < -0.39 is 11.2 Å². The Hall–Kier alpha value is -2.69. The molecule has 2 N–H and O–H groups in total. The molecule has 0 unspecified atom stereocenters. The maximum absolute atomic E-state index is 11.2. The number of fused-ring (bicyclic) bond motifs is 1. The molecule has 18 heavy (non-hydrogen) atoms. The predicted molar refractivity (Wildman–Crippen MR) is 68.4 cm³/mol. The van der Waals surface area contributed by atoms with Crippen molar-refractivity contribution in [3.05, 3.63) is 63.3 Å². The van der Waals surface area contributed by atoms with Crippen LogP contribution >= 0.6 is 0 Å². The molecule has 0 aliphatic carbocycles. The van der Waals surface area contributed by atoms with Crippen LogP contribution in [0.25, 0.3) is 22.3 Å². The van der Waals surface area contributed by atoms with E-state index in [0.717, 1.165) is 10.9 Å². The molecule has 5 nitrogen and oxygen atoms in total. The van der Waals surface area contributed by atoms with E-state index >= 15 is 0 Å². The first kappa shape index (κ1) is 10.5. The number of hydrogen-bond acceptors (Lipinski definition) is 3. The Kier molecular flexibility index (Phi) is 2.30. The maximum atomic E-state index is 11.2. The molecular formula is C13H9N3O2. The third-order valence-electron chi connectivity index (χ3n) is 2.63. The van der Waals surface area contributed by atoms with Crippen LogP contribution in [0.5, 0.6) is 0 Å². The van der Waals surface area contributed by atoms with Crippen LogP contribution in [0.4, 0.5) is 0 Å². The van der Waals surface area contributed by atoms with E-state index in [0.29, 0.717) is 11.4 Å². The van der Waals surface area contributed by atoms with Gasteiger partial charge in [-0.2, -0.15) is 0 Å². The van der Waals surface area contributed by atoms with Crippen LogP contribution in [-0.2, 0) is 0 Å². The van der Waals surface area contributed by atoms with Crippen molar-refractivity contribution in [2.45, 2.75) is 0 Å². The molecule has 0 aliphatic heterocycles. The van der Waals surface area contributed by atoms with Gasteiger partial charge in [-0.05, 0) is 12.1 Å². The first-order valence-corrected chi connectivity index (χ1v) is 5.42. The molecule has 2 aromatic heterocycles. The number of pyridine rings is 1. The second-order valence-electron chi connectivity index (χ2n) is 3.89. The van der Waals surface area contributed by atoms with Gasteiger partial charge in [0.2, 0.25) is 0 Å². The zero-order valence-electron chi connectivity index (χ0n) is 9.31. The summed E-state index contributed by atoms with van der Waals surface area (Å²) in [5, 5.41) is 1.01. The summed E-state index contributed by atoms with van der Waals surface area (Å²) in [7, 11) is 0. The summed E-state index contributed by atoms with van der Waals surface area (Å²) in [5.41, 5.74) is 0.818. The van der Waals surface area contributed by atoms with Crippen molar-refractivity contribution in [1.82, 2.24) is 15.0 Å². The molecular weight excluding hydrogens is 230 g/mol. The molecule has 0 bridgehead atoms. The van der Waals surface area contributed by atoms with E-state index in [2.05, 4.69) is 15.0 Å². The summed E-state index contributed by atoms with van der Waals surface area (Å²) in [6.07, 6.45) is 0. The number of hydrogen-bond donors (Lipinski definition) is 2. The lowest BCUT2D eigenvalue weighted by Gasteiger charge is -2.02. The predicted octanol–water partition coefficient (Wildman–Crippen LogP) is 1.28. The number of aromatic nitrogens is 3. The highest BCUT2D eigenvalue weighted by molar-refractivity contribution is 5.80. The summed E-state index contributed by atoms with van der Waals surface area (Å²) >= 11 is 0. The van der Waals surface area contributed by atoms with Crippen LogP contribution in [0.3, 0.4) is 0 Å². The number of rotatable bonds is 1. The molecule has 0 radical (unpaired) electrons. The standard InChI is InChI=1S/C13H9N3O2/c17-12-7-11(15-13(18)16-12)10-6-5-8-3-1-2-4-9(8)14-10/h1-7H,(H2,15,16,17,18). The third kappa shape index (κ3) is 1.82. The van der Waals surface area contributed by atoms with Crippen LogP contribution in [0, 0.1) is 0 Å². The van der Waals surface area contributed by atoms with Crippen molar-refractivity contribution < 1.29 is 0 Å². The molecule has 0 atom stereocenters. The van der Waals surface area contributed by atoms with E-state index in [-0.39, 0.29) is 0 Å². The van der Waals surface area contributed by atoms with Crippen molar-refractivity contribution in [3.8, 4) is 11.4 Å². The van der Waals surface area contributed by atoms with Crippen LogP contribution in [-0.4, -0.2) is 15.0 Å². The average Bonchev–Trinajstić information content (AvgIpc) is 2.37. The fraction of sp³-hybridized carbons (Fsp3) is 0. The van der Waals surface area contributed by atoms with Gasteiger partial charge >= 0.3 is 5.69 Å². The monoisotopic (exact) mass is 239 g/mol. The van der Waals surface area contributed by atoms with Gasteiger partial charge in [-0.1, -0.05) is 24.3 Å². The van der Waals surface area contributed by atoms with Crippen molar-refractivity contribution in [1.29, 1.82) is 0 Å². The lowest BCUT2D eigenvalue weighted by atomic mass is 10.2. The van der Waals surface area contributed by atoms with Crippen molar-refractivity contribution in [3.63, 3.8) is 0 Å². The third-order valence-corrected chi connectivity index (χ3v) is 2.63. The second kappa shape index (κ2) is 3.96. The number of para-hydroxylation sites is 1. The number of nitrogens with zero attached hydrogens (tertiary/aromatic N) is 1. The first-order chi connectivity index (χ1) is 8.72. The minimum absolute atomic E-state index is 0.412. The first-order valence-electron chi connectivity index (χ1n) is 5.42. The van der Waals surface area contributed by atoms with Crippen LogP contribution in [0.2, 0.25) is 0 Å². The van der Waals surface area contributed by atoms with Crippen molar-refractivity contribution in [2.75, 3.05) is 0 Å². The molecule has 1 aromatic carbocycles. The summed E-state index contributed by atoms with van der Waals surface area (Å²) in [5.74, 6) is 0. The SMILES string of the molecule is O=c1cc(-c2ccc3ccccc3n2)[nH]c(=O)[nH]1. The van der Waals surface area contributed by atoms with Crippen LogP contribution in [0.1, 0.15) is 0 Å². The molecule has 0 spiro atoms. The average molecular weight is 239 g/mol. The summed E-state index contributed by atoms with van der Waals surface area (Å²) in [6.45, 7) is 0. The normalized spacial score (nSPS) is 10.7. The zero-order valence-corrected chi connectivity index (χ0v) is 9.31. The van der Waals surface area contributed by atoms with Gasteiger partial charge in [-0.25, -0.2) is 9.78 Å². The van der Waals surface area contributed by atoms with Crippen LogP contribution < -0.4 is 11.2 Å². The molecule has 5 heteroatoms. The molecule has 0 aliphatic rings. The molecule has 2 heterocycles. The maximum Gasteiger partial charge on any atom is 0.326 e. The largest absolute Gasteiger partial charge is 0.326 e. The summed E-state index contributed by atoms with van der Waals surface area (Å²) < 4.78 is 0. The van der Waals surface area contributed by atoms with Gasteiger partial charge in [-0.3, -0.25) is 9.78 Å². The van der Waals surface area contributed by atoms with Gasteiger partial charge in [0, 0.05) is 11.5 Å². The van der Waals surface area contributed by atoms with Crippen LogP contribution in [0.15, 0.2) is 52.1 Å². The zero-order chi connectivity index (χ0) is 12.5. The number of nitrogens with one attached hydrogen (secondary N) is 2. The highest BCUT2D eigenvalue weighted by atomic mass is 16.2. The lowest BCUT2D eigenvalue weighted by molar-refractivity contribution is 1.04. The van der Waals surface area contributed by atoms with Gasteiger partial charge in [0.1, 0.15) is 0 Å². The summed E-state index contributed by atoms with van der Waals surface area (Å²) in [6, 6.07) is 12.6. The Morgan fingerprint density at radius 3 is 2.61 bits per heavy atom. The second-order valence-corrected chi connectivity index (χ2v) is 3.89. The minimum atomic E-state index is -0.535. The molecule has 3 rings (SSSR count). The highest BCUT2D eigenvalue weighted by Gasteiger charge is 2.03. The van der Waals surface area contributed by atoms with E-state index in [1.54, 1.807) is 6.07 Å². The molecule has 0 fully saturated rings. The topological polar surface area (TPSA) is 78.6 Å². The molecule has 0 saturated carbocycles. The Bertz CT molecular complexity index is 805. The van der Waals surface area contributed by atoms with Gasteiger partial charge in [0.25, 0.3) is 5.56 Å². The molecule has 3 aromatic rings. The Balaban J connectivity index is 2.25. The van der Waals surface area contributed by atoms with E-state index in [1.807, 2.05) is 30.3 Å². The molecule has 0 saturated heterocycles. The molecule has 88 valence electrons. The fourth-order valence-electron chi connectivity index (χ4n) is 1.82. The Labute approximate surface area is 101 Å². The minimum Gasteiger partial charge on any atom is -0.305 e. The lowest BCUT2D eigenvalue weighted by Crippen LogP contribution is -2.21. The van der Waals surface area contributed by atoms with E-state index in [9.17, 15) is 9.59 Å². The van der Waals surface area contributed by atoms with Gasteiger partial charge in [-0.15, -0.1) is 0 Å². The Morgan fingerprint density at radius 2 is 1.78 bits per heavy atom. The molecule has 0 amide bonds. The van der Waals surface area contributed by atoms with Crippen molar-refractivity contribution in [2.24, 2.45) is 0 Å². The van der Waals surface area contributed by atoms with Gasteiger partial charge in [0.15, 0.2) is 0 Å². The van der Waals surface area contributed by atoms with Crippen molar-refractivity contribution >= 4 is 10.9 Å². The van der Waals surface area contributed by atoms with E-state index in [4.69, 9.17) is 0 Å². The van der Waals surface area contributed by atoms with E-state index in [1.165, 1.54) is 6.07 Å². The summed E-state index contributed by atoms with van der Waals surface area (Å²) in [4.78, 5) is 31.5. The number of benzene rings is 1. The number of aromatic amines is 2. The van der Waals surface area contributed by atoms with Gasteiger partial charge in [0.05, 0.1) is 16.9 Å². The Morgan fingerprint density at radius 1 is 0.944 bits per heavy atom. The quantitative estimate of drug-likeness (QED) is 0.671. The number of H-pyrrole nitrogens is 2. The fourth-order valence-corrected chi connectivity index (χ4v) is 1.82. The van der Waals surface area contributed by atoms with Gasteiger partial charge < -0.3 is 4.98 Å². The highest BCUT2D eigenvalue weighted by Crippen LogP contribution is 2.17. The smallest absolute Gasteiger partial charge is 0.305 e.